The van der Waals surface area contributed by atoms with Crippen LogP contribution in [0, 0.1) is 0 Å². The topological polar surface area (TPSA) is 85.3 Å². The van der Waals surface area contributed by atoms with Gasteiger partial charge >= 0.3 is 7.82 Å². The Labute approximate surface area is 107 Å². The summed E-state index contributed by atoms with van der Waals surface area (Å²) >= 11 is 0. The van der Waals surface area contributed by atoms with Gasteiger partial charge in [0.25, 0.3) is 0 Å². The molecule has 0 aromatic carbocycles. The highest BCUT2D eigenvalue weighted by Gasteiger charge is 2.38. The van der Waals surface area contributed by atoms with E-state index in [1.54, 1.807) is 0 Å². The maximum absolute atomic E-state index is 11.6. The minimum Gasteiger partial charge on any atom is -0.383 e. The standard InChI is InChI=1S/C9H17BNO6P/c1-15-6-7-3-8(17-18(13,14)16-2)5-11(7)9(12)4-10/h7-8H,3-6H2,1-2H3,(H,13,14)/t7-,8+/m0/s1. The van der Waals surface area contributed by atoms with Crippen molar-refractivity contribution < 1.29 is 28.0 Å². The quantitative estimate of drug-likeness (QED) is 0.541. The van der Waals surface area contributed by atoms with Gasteiger partial charge in [-0.2, -0.15) is 0 Å². The van der Waals surface area contributed by atoms with Crippen LogP contribution in [0.2, 0.25) is 6.32 Å². The minimum atomic E-state index is -4.04. The highest BCUT2D eigenvalue weighted by molar-refractivity contribution is 7.47. The number of rotatable bonds is 6. The zero-order chi connectivity index (χ0) is 13.8. The first-order valence-electron chi connectivity index (χ1n) is 5.49. The zero-order valence-corrected chi connectivity index (χ0v) is 11.3. The highest BCUT2D eigenvalue weighted by atomic mass is 31.2. The Hall–Kier alpha value is -0.395. The Morgan fingerprint density at radius 1 is 1.56 bits per heavy atom. The summed E-state index contributed by atoms with van der Waals surface area (Å²) in [4.78, 5) is 22.3. The van der Waals surface area contributed by atoms with E-state index in [1.807, 2.05) is 0 Å². The van der Waals surface area contributed by atoms with Crippen LogP contribution in [-0.4, -0.2) is 63.1 Å². The first-order valence-corrected chi connectivity index (χ1v) is 6.98. The zero-order valence-electron chi connectivity index (χ0n) is 10.4. The summed E-state index contributed by atoms with van der Waals surface area (Å²) in [7, 11) is 3.87. The molecule has 1 aliphatic heterocycles. The van der Waals surface area contributed by atoms with Crippen molar-refractivity contribution in [3.8, 4) is 0 Å². The molecule has 1 heterocycles. The first-order chi connectivity index (χ1) is 8.43. The Balaban J connectivity index is 2.66. The molecule has 0 aromatic heterocycles. The summed E-state index contributed by atoms with van der Waals surface area (Å²) in [6.07, 6.45) is -0.266. The lowest BCUT2D eigenvalue weighted by atomic mass is 10.0. The summed E-state index contributed by atoms with van der Waals surface area (Å²) < 4.78 is 25.6. The second kappa shape index (κ2) is 6.68. The molecule has 0 bridgehead atoms. The SMILES string of the molecule is [B]CC(=O)N1C[C@H](OP(=O)(O)OC)C[C@H]1COC. The molecule has 3 atom stereocenters. The van der Waals surface area contributed by atoms with Gasteiger partial charge in [0.1, 0.15) is 0 Å². The predicted octanol–water partition coefficient (Wildman–Crippen LogP) is -0.0475. The van der Waals surface area contributed by atoms with Gasteiger partial charge in [-0.15, -0.1) is 0 Å². The van der Waals surface area contributed by atoms with Crippen LogP contribution >= 0.6 is 7.82 Å². The van der Waals surface area contributed by atoms with E-state index in [0.717, 1.165) is 7.11 Å². The molecule has 1 saturated heterocycles. The molecule has 18 heavy (non-hydrogen) atoms. The van der Waals surface area contributed by atoms with Crippen LogP contribution in [0.3, 0.4) is 0 Å². The molecule has 0 aliphatic carbocycles. The van der Waals surface area contributed by atoms with Crippen LogP contribution in [0.5, 0.6) is 0 Å². The van der Waals surface area contributed by atoms with E-state index in [-0.39, 0.29) is 24.8 Å². The fourth-order valence-electron chi connectivity index (χ4n) is 1.95. The smallest absolute Gasteiger partial charge is 0.383 e. The van der Waals surface area contributed by atoms with E-state index in [0.29, 0.717) is 13.0 Å². The lowest BCUT2D eigenvalue weighted by molar-refractivity contribution is -0.130. The van der Waals surface area contributed by atoms with Gasteiger partial charge in [-0.1, -0.05) is 0 Å². The molecule has 7 nitrogen and oxygen atoms in total. The third-order valence-corrected chi connectivity index (χ3v) is 3.77. The van der Waals surface area contributed by atoms with Crippen LogP contribution in [0.25, 0.3) is 0 Å². The summed E-state index contributed by atoms with van der Waals surface area (Å²) in [5.74, 6) is -0.242. The molecule has 1 N–H and O–H groups in total. The fourth-order valence-corrected chi connectivity index (χ4v) is 2.57. The lowest BCUT2D eigenvalue weighted by Crippen LogP contribution is -2.38. The number of methoxy groups -OCH3 is 1. The number of likely N-dealkylation sites (tertiary alicyclic amines) is 1. The van der Waals surface area contributed by atoms with Crippen molar-refractivity contribution in [2.24, 2.45) is 0 Å². The number of hydrogen-bond acceptors (Lipinski definition) is 5. The predicted molar refractivity (Wildman–Crippen MR) is 64.3 cm³/mol. The average molecular weight is 277 g/mol. The number of carbonyl (C=O) groups excluding carboxylic acids is 1. The van der Waals surface area contributed by atoms with Crippen LogP contribution in [0.1, 0.15) is 6.42 Å². The van der Waals surface area contributed by atoms with Gasteiger partial charge in [0, 0.05) is 20.8 Å². The molecule has 1 unspecified atom stereocenters. The normalized spacial score (nSPS) is 27.2. The third kappa shape index (κ3) is 4.07. The van der Waals surface area contributed by atoms with Gasteiger partial charge in [0.05, 0.1) is 26.6 Å². The van der Waals surface area contributed by atoms with Gasteiger partial charge in [-0.3, -0.25) is 13.8 Å². The van der Waals surface area contributed by atoms with E-state index in [2.05, 4.69) is 4.52 Å². The van der Waals surface area contributed by atoms with E-state index >= 15 is 0 Å². The molecule has 1 rings (SSSR count). The van der Waals surface area contributed by atoms with E-state index < -0.39 is 13.9 Å². The third-order valence-electron chi connectivity index (χ3n) is 2.74. The van der Waals surface area contributed by atoms with Crippen molar-refractivity contribution in [3.05, 3.63) is 0 Å². The van der Waals surface area contributed by atoms with Gasteiger partial charge in [-0.25, -0.2) is 4.57 Å². The molecule has 0 saturated carbocycles. The number of phosphoric ester groups is 1. The monoisotopic (exact) mass is 277 g/mol. The lowest BCUT2D eigenvalue weighted by Gasteiger charge is -2.23. The second-order valence-corrected chi connectivity index (χ2v) is 5.49. The Morgan fingerprint density at radius 3 is 2.72 bits per heavy atom. The molecular weight excluding hydrogens is 260 g/mol. The van der Waals surface area contributed by atoms with Crippen LogP contribution in [0.15, 0.2) is 0 Å². The molecule has 0 spiro atoms. The molecule has 2 radical (unpaired) electrons. The molecule has 9 heteroatoms. The Bertz CT molecular complexity index is 341. The fraction of sp³-hybridized carbons (Fsp3) is 0.889. The number of amides is 1. The van der Waals surface area contributed by atoms with E-state index in [9.17, 15) is 14.3 Å². The molecule has 102 valence electrons. The maximum Gasteiger partial charge on any atom is 0.472 e. The number of hydrogen-bond donors (Lipinski definition) is 1. The molecule has 1 fully saturated rings. The van der Waals surface area contributed by atoms with Crippen molar-refractivity contribution >= 4 is 21.6 Å². The van der Waals surface area contributed by atoms with Gasteiger partial charge in [0.15, 0.2) is 0 Å². The largest absolute Gasteiger partial charge is 0.472 e. The molecule has 0 aromatic rings. The number of phosphoric acid groups is 1. The van der Waals surface area contributed by atoms with Crippen molar-refractivity contribution in [1.82, 2.24) is 4.90 Å². The second-order valence-electron chi connectivity index (χ2n) is 3.97. The van der Waals surface area contributed by atoms with Crippen LogP contribution < -0.4 is 0 Å². The van der Waals surface area contributed by atoms with Crippen LogP contribution in [-0.2, 0) is 23.1 Å². The van der Waals surface area contributed by atoms with Gasteiger partial charge in [0.2, 0.25) is 5.91 Å². The Kier molecular flexibility index (Phi) is 5.81. The minimum absolute atomic E-state index is 0.117. The number of carbonyl (C=O) groups is 1. The van der Waals surface area contributed by atoms with Crippen molar-refractivity contribution in [3.63, 3.8) is 0 Å². The van der Waals surface area contributed by atoms with Gasteiger partial charge in [-0.05, 0) is 12.7 Å². The number of ether oxygens (including phenoxy) is 1. The van der Waals surface area contributed by atoms with E-state index in [4.69, 9.17) is 17.1 Å². The molecule has 1 aliphatic rings. The van der Waals surface area contributed by atoms with Crippen LogP contribution in [0.4, 0.5) is 0 Å². The van der Waals surface area contributed by atoms with Gasteiger partial charge < -0.3 is 14.5 Å². The van der Waals surface area contributed by atoms with Crippen molar-refractivity contribution in [2.75, 3.05) is 27.4 Å². The molecular formula is C9H17BNO6P. The average Bonchev–Trinajstić information content (AvgIpc) is 2.71. The van der Waals surface area contributed by atoms with E-state index in [1.165, 1.54) is 12.0 Å². The molecule has 1 amide bonds. The highest BCUT2D eigenvalue weighted by Crippen LogP contribution is 2.45. The summed E-state index contributed by atoms with van der Waals surface area (Å²) in [6, 6.07) is -0.201. The Morgan fingerprint density at radius 2 is 2.22 bits per heavy atom. The summed E-state index contributed by atoms with van der Waals surface area (Å²) in [5, 5.41) is 0. The summed E-state index contributed by atoms with van der Waals surface area (Å²) in [6.45, 7) is 0.534. The maximum atomic E-state index is 11.6. The number of nitrogens with zero attached hydrogens (tertiary/aromatic N) is 1. The van der Waals surface area contributed by atoms with Crippen molar-refractivity contribution in [2.45, 2.75) is 24.9 Å². The first kappa shape index (κ1) is 15.7. The van der Waals surface area contributed by atoms with Crippen molar-refractivity contribution in [1.29, 1.82) is 0 Å². The summed E-state index contributed by atoms with van der Waals surface area (Å²) in [5.41, 5.74) is 0.